The summed E-state index contributed by atoms with van der Waals surface area (Å²) in [4.78, 5) is 31.6. The van der Waals surface area contributed by atoms with E-state index in [0.29, 0.717) is 33.7 Å². The number of carbonyl (C=O) groups is 2. The number of hydrogen-bond donors (Lipinski definition) is 0. The maximum absolute atomic E-state index is 12.8. The van der Waals surface area contributed by atoms with Gasteiger partial charge < -0.3 is 19.3 Å². The van der Waals surface area contributed by atoms with E-state index >= 15 is 0 Å². The molecule has 0 spiro atoms. The normalized spacial score (nSPS) is 18.5. The number of carbonyl (C=O) groups excluding carboxylic acids is 2. The molecule has 3 rings (SSSR count). The largest absolute Gasteiger partial charge is 0.493 e. The van der Waals surface area contributed by atoms with Gasteiger partial charge in [-0.15, -0.1) is 0 Å². The highest BCUT2D eigenvalue weighted by Crippen LogP contribution is 2.34. The number of hydrogen-bond acceptors (Lipinski definition) is 7. The predicted octanol–water partition coefficient (Wildman–Crippen LogP) is 3.24. The lowest BCUT2D eigenvalue weighted by Gasteiger charge is -2.32. The number of benzene rings is 1. The molecule has 0 N–H and O–H groups in total. The summed E-state index contributed by atoms with van der Waals surface area (Å²) in [6.07, 6.45) is 4.95. The number of rotatable bonds is 9. The van der Waals surface area contributed by atoms with Crippen LogP contribution < -0.4 is 9.47 Å². The second-order valence-electron chi connectivity index (χ2n) is 7.94. The van der Waals surface area contributed by atoms with Gasteiger partial charge in [0.2, 0.25) is 5.91 Å². The molecule has 0 radical (unpaired) electrons. The number of nitrogens with zero attached hydrogens (tertiary/aromatic N) is 3. The first kappa shape index (κ1) is 24.5. The van der Waals surface area contributed by atoms with Crippen molar-refractivity contribution in [3.05, 3.63) is 28.7 Å². The van der Waals surface area contributed by atoms with Gasteiger partial charge in [0.25, 0.3) is 5.91 Å². The zero-order valence-electron chi connectivity index (χ0n) is 19.0. The van der Waals surface area contributed by atoms with Gasteiger partial charge in [-0.1, -0.05) is 36.5 Å². The topological polar surface area (TPSA) is 62.3 Å². The van der Waals surface area contributed by atoms with Crippen LogP contribution in [0.15, 0.2) is 23.1 Å². The molecule has 2 aliphatic heterocycles. The van der Waals surface area contributed by atoms with Gasteiger partial charge in [-0.2, -0.15) is 0 Å². The van der Waals surface area contributed by atoms with E-state index < -0.39 is 0 Å². The Bertz CT molecular complexity index is 882. The number of methoxy groups -OCH3 is 2. The van der Waals surface area contributed by atoms with Gasteiger partial charge in [-0.3, -0.25) is 14.5 Å². The van der Waals surface area contributed by atoms with Crippen LogP contribution in [0.2, 0.25) is 0 Å². The van der Waals surface area contributed by atoms with Crippen molar-refractivity contribution in [2.75, 3.05) is 54.0 Å². The lowest BCUT2D eigenvalue weighted by atomic mass is 10.1. The molecule has 9 heteroatoms. The molecule has 0 aromatic heterocycles. The van der Waals surface area contributed by atoms with Gasteiger partial charge in [0.1, 0.15) is 4.32 Å². The highest BCUT2D eigenvalue weighted by molar-refractivity contribution is 8.26. The molecule has 0 atom stereocenters. The SMILES string of the molecule is COc1ccc(/C=C2\SC(=S)N(CCCCCC(=O)N3CCN(C)CC3)C2=O)cc1OC. The molecular weight excluding hydrogens is 446 g/mol. The first-order valence-corrected chi connectivity index (χ1v) is 12.1. The van der Waals surface area contributed by atoms with Crippen LogP contribution in [0.1, 0.15) is 31.2 Å². The van der Waals surface area contributed by atoms with Crippen molar-refractivity contribution in [1.29, 1.82) is 0 Å². The van der Waals surface area contributed by atoms with Gasteiger partial charge in [0.15, 0.2) is 11.5 Å². The summed E-state index contributed by atoms with van der Waals surface area (Å²) < 4.78 is 11.2. The van der Waals surface area contributed by atoms with Crippen LogP contribution in [0.25, 0.3) is 6.08 Å². The third kappa shape index (κ3) is 6.24. The minimum atomic E-state index is -0.0664. The highest BCUT2D eigenvalue weighted by Gasteiger charge is 2.31. The van der Waals surface area contributed by atoms with Crippen LogP contribution in [0.4, 0.5) is 0 Å². The predicted molar refractivity (Wildman–Crippen MR) is 132 cm³/mol. The Morgan fingerprint density at radius 3 is 2.50 bits per heavy atom. The lowest BCUT2D eigenvalue weighted by molar-refractivity contribution is -0.133. The van der Waals surface area contributed by atoms with E-state index in [-0.39, 0.29) is 11.8 Å². The molecule has 0 bridgehead atoms. The standard InChI is InChI=1S/C23H31N3O4S2/c1-24-11-13-25(14-12-24)21(27)7-5-4-6-10-26-22(28)20(32-23(26)31)16-17-8-9-18(29-2)19(15-17)30-3/h8-9,15-16H,4-7,10-14H2,1-3H3/b20-16-. The Kier molecular flexibility index (Phi) is 8.95. The Labute approximate surface area is 199 Å². The molecule has 2 heterocycles. The Morgan fingerprint density at radius 1 is 1.09 bits per heavy atom. The van der Waals surface area contributed by atoms with E-state index in [2.05, 4.69) is 11.9 Å². The van der Waals surface area contributed by atoms with Crippen LogP contribution in [0.3, 0.4) is 0 Å². The van der Waals surface area contributed by atoms with Crippen LogP contribution in [0, 0.1) is 0 Å². The second kappa shape index (κ2) is 11.7. The summed E-state index contributed by atoms with van der Waals surface area (Å²) >= 11 is 6.75. The van der Waals surface area contributed by atoms with Crippen LogP contribution in [-0.4, -0.2) is 84.8 Å². The second-order valence-corrected chi connectivity index (χ2v) is 9.62. The van der Waals surface area contributed by atoms with Gasteiger partial charge in [-0.25, -0.2) is 0 Å². The maximum Gasteiger partial charge on any atom is 0.266 e. The number of amides is 2. The minimum Gasteiger partial charge on any atom is -0.493 e. The molecule has 2 aliphatic rings. The fourth-order valence-corrected chi connectivity index (χ4v) is 5.03. The third-order valence-corrected chi connectivity index (χ3v) is 7.09. The van der Waals surface area contributed by atoms with Crippen LogP contribution >= 0.6 is 24.0 Å². The number of likely N-dealkylation sites (N-methyl/N-ethyl adjacent to an activating group) is 1. The molecule has 7 nitrogen and oxygen atoms in total. The number of thioether (sulfide) groups is 1. The zero-order valence-corrected chi connectivity index (χ0v) is 20.6. The van der Waals surface area contributed by atoms with Crippen LogP contribution in [-0.2, 0) is 9.59 Å². The van der Waals surface area contributed by atoms with Crippen molar-refractivity contribution < 1.29 is 19.1 Å². The number of ether oxygens (including phenoxy) is 2. The summed E-state index contributed by atoms with van der Waals surface area (Å²) in [6.45, 7) is 4.10. The van der Waals surface area contributed by atoms with Crippen molar-refractivity contribution >= 4 is 46.2 Å². The highest BCUT2D eigenvalue weighted by atomic mass is 32.2. The first-order chi connectivity index (χ1) is 15.4. The van der Waals surface area contributed by atoms with Crippen molar-refractivity contribution in [3.63, 3.8) is 0 Å². The van der Waals surface area contributed by atoms with Crippen molar-refractivity contribution in [2.24, 2.45) is 0 Å². The van der Waals surface area contributed by atoms with E-state index in [1.165, 1.54) is 11.8 Å². The first-order valence-electron chi connectivity index (χ1n) is 10.9. The Morgan fingerprint density at radius 2 is 1.81 bits per heavy atom. The van der Waals surface area contributed by atoms with E-state index in [4.69, 9.17) is 21.7 Å². The molecular formula is C23H31N3O4S2. The molecule has 2 fully saturated rings. The van der Waals surface area contributed by atoms with E-state index in [0.717, 1.165) is 51.0 Å². The fourth-order valence-electron chi connectivity index (χ4n) is 3.72. The molecule has 1 aromatic rings. The van der Waals surface area contributed by atoms with Crippen molar-refractivity contribution in [2.45, 2.75) is 25.7 Å². The molecule has 2 saturated heterocycles. The average Bonchev–Trinajstić information content (AvgIpc) is 3.06. The third-order valence-electron chi connectivity index (χ3n) is 5.71. The van der Waals surface area contributed by atoms with Gasteiger partial charge >= 0.3 is 0 Å². The van der Waals surface area contributed by atoms with E-state index in [1.807, 2.05) is 29.2 Å². The molecule has 0 aliphatic carbocycles. The number of piperazine rings is 1. The summed E-state index contributed by atoms with van der Waals surface area (Å²) in [5.74, 6) is 1.43. The molecule has 174 valence electrons. The molecule has 32 heavy (non-hydrogen) atoms. The van der Waals surface area contributed by atoms with Gasteiger partial charge in [0, 0.05) is 39.1 Å². The number of unbranched alkanes of at least 4 members (excludes halogenated alkanes) is 2. The maximum atomic E-state index is 12.8. The smallest absolute Gasteiger partial charge is 0.266 e. The number of thiocarbonyl (C=S) groups is 1. The van der Waals surface area contributed by atoms with Gasteiger partial charge in [0.05, 0.1) is 19.1 Å². The zero-order chi connectivity index (χ0) is 23.1. The summed E-state index contributed by atoms with van der Waals surface area (Å²) in [5, 5.41) is 0. The van der Waals surface area contributed by atoms with Crippen molar-refractivity contribution in [3.8, 4) is 11.5 Å². The van der Waals surface area contributed by atoms with Crippen molar-refractivity contribution in [1.82, 2.24) is 14.7 Å². The Balaban J connectivity index is 1.46. The lowest BCUT2D eigenvalue weighted by Crippen LogP contribution is -2.47. The molecule has 1 aromatic carbocycles. The fraction of sp³-hybridized carbons (Fsp3) is 0.522. The summed E-state index contributed by atoms with van der Waals surface area (Å²) in [5.41, 5.74) is 0.852. The van der Waals surface area contributed by atoms with E-state index in [1.54, 1.807) is 19.1 Å². The van der Waals surface area contributed by atoms with Gasteiger partial charge in [-0.05, 0) is 43.7 Å². The summed E-state index contributed by atoms with van der Waals surface area (Å²) in [7, 11) is 5.25. The minimum absolute atomic E-state index is 0.0664. The molecule has 0 saturated carbocycles. The molecule has 2 amide bonds. The molecule has 0 unspecified atom stereocenters. The van der Waals surface area contributed by atoms with Crippen LogP contribution in [0.5, 0.6) is 11.5 Å². The quantitative estimate of drug-likeness (QED) is 0.307. The monoisotopic (exact) mass is 477 g/mol. The van der Waals surface area contributed by atoms with E-state index in [9.17, 15) is 9.59 Å². The average molecular weight is 478 g/mol. The Hall–Kier alpha value is -2.10. The summed E-state index contributed by atoms with van der Waals surface area (Å²) in [6, 6.07) is 5.53.